The smallest absolute Gasteiger partial charge is 0.394 e. The van der Waals surface area contributed by atoms with E-state index in [-0.39, 0.29) is 25.7 Å². The number of pyridine rings is 1. The van der Waals surface area contributed by atoms with Crippen LogP contribution in [0.2, 0.25) is 0 Å². The summed E-state index contributed by atoms with van der Waals surface area (Å²) in [7, 11) is 2.93. The van der Waals surface area contributed by atoms with Crippen LogP contribution in [-0.4, -0.2) is 119 Å². The number of esters is 1. The first-order valence-corrected chi connectivity index (χ1v) is 23.7. The molecule has 2 saturated heterocycles. The van der Waals surface area contributed by atoms with Crippen LogP contribution < -0.4 is 10.7 Å². The number of benzene rings is 2. The second kappa shape index (κ2) is 20.5. The van der Waals surface area contributed by atoms with E-state index in [1.807, 2.05) is 37.3 Å². The third-order valence-corrected chi connectivity index (χ3v) is 13.8. The summed E-state index contributed by atoms with van der Waals surface area (Å²) in [6, 6.07) is 14.5. The van der Waals surface area contributed by atoms with Crippen molar-refractivity contribution >= 4 is 40.5 Å². The second-order valence-corrected chi connectivity index (χ2v) is 19.7. The molecule has 370 valence electrons. The van der Waals surface area contributed by atoms with Crippen molar-refractivity contribution in [2.75, 3.05) is 40.4 Å². The minimum absolute atomic E-state index is 0.00884. The lowest BCUT2D eigenvalue weighted by Crippen LogP contribution is -2.62. The van der Waals surface area contributed by atoms with Crippen LogP contribution in [0, 0.1) is 23.2 Å². The Kier molecular flexibility index (Phi) is 15.1. The number of rotatable bonds is 10. The number of hydrogen-bond donors (Lipinski definition) is 2. The van der Waals surface area contributed by atoms with Gasteiger partial charge >= 0.3 is 12.1 Å². The average molecular weight is 956 g/mol. The Morgan fingerprint density at radius 1 is 1.07 bits per heavy atom. The Morgan fingerprint density at radius 3 is 2.49 bits per heavy atom. The molecule has 0 unspecified atom stereocenters. The molecule has 4 aromatic rings. The minimum atomic E-state index is -4.80. The van der Waals surface area contributed by atoms with Gasteiger partial charge in [0.15, 0.2) is 0 Å². The van der Waals surface area contributed by atoms with E-state index in [0.29, 0.717) is 31.4 Å². The van der Waals surface area contributed by atoms with Crippen LogP contribution in [0.5, 0.6) is 0 Å². The number of cyclic esters (lactones) is 1. The first kappa shape index (κ1) is 50.8. The van der Waals surface area contributed by atoms with E-state index in [1.165, 1.54) is 12.1 Å². The predicted molar refractivity (Wildman–Crippen MR) is 255 cm³/mol. The monoisotopic (exact) mass is 955 g/mol. The van der Waals surface area contributed by atoms with Gasteiger partial charge in [-0.25, -0.2) is 5.43 Å². The van der Waals surface area contributed by atoms with Gasteiger partial charge in [0.2, 0.25) is 17.7 Å². The Balaban J connectivity index is 1.29. The number of likely N-dealkylation sites (N-methyl/N-ethyl adjacent to an activating group) is 1. The Hall–Kier alpha value is -6.07. The zero-order valence-corrected chi connectivity index (χ0v) is 40.7. The van der Waals surface area contributed by atoms with Crippen molar-refractivity contribution in [1.29, 1.82) is 0 Å². The first-order valence-electron chi connectivity index (χ1n) is 23.7. The van der Waals surface area contributed by atoms with Crippen LogP contribution in [0.1, 0.15) is 77.3 Å². The Bertz CT molecular complexity index is 2610. The van der Waals surface area contributed by atoms with E-state index in [0.717, 1.165) is 60.4 Å². The number of nitrogens with one attached hydrogen (secondary N) is 2. The van der Waals surface area contributed by atoms with E-state index >= 15 is 0 Å². The molecule has 6 bridgehead atoms. The van der Waals surface area contributed by atoms with Gasteiger partial charge in [-0.05, 0) is 91.6 Å². The van der Waals surface area contributed by atoms with Gasteiger partial charge in [0.05, 0.1) is 35.9 Å². The number of nitrogens with zero attached hydrogens (tertiary/aromatic N) is 5. The molecule has 0 spiro atoms. The number of halogens is 3. The van der Waals surface area contributed by atoms with Crippen molar-refractivity contribution in [3.8, 4) is 22.4 Å². The highest BCUT2D eigenvalue weighted by molar-refractivity contribution is 5.96. The molecular weight excluding hydrogens is 892 g/mol. The van der Waals surface area contributed by atoms with E-state index in [4.69, 9.17) is 14.5 Å². The molecule has 2 aromatic heterocycles. The molecular formula is C52H64F3N7O7. The molecule has 2 fully saturated rings. The highest BCUT2D eigenvalue weighted by Crippen LogP contribution is 2.43. The van der Waals surface area contributed by atoms with Crippen molar-refractivity contribution < 1.29 is 46.6 Å². The first-order chi connectivity index (χ1) is 32.7. The molecule has 7 rings (SSSR count). The summed E-state index contributed by atoms with van der Waals surface area (Å²) in [6.45, 7) is 14.6. The molecule has 3 aliphatic heterocycles. The van der Waals surface area contributed by atoms with Crippen LogP contribution in [0.3, 0.4) is 0 Å². The summed E-state index contributed by atoms with van der Waals surface area (Å²) in [5.74, 6) is -7.95. The summed E-state index contributed by atoms with van der Waals surface area (Å²) in [5.41, 5.74) is 9.76. The van der Waals surface area contributed by atoms with Gasteiger partial charge in [0.25, 0.3) is 5.91 Å². The second-order valence-electron chi connectivity index (χ2n) is 19.7. The van der Waals surface area contributed by atoms with E-state index in [1.54, 1.807) is 27.2 Å². The van der Waals surface area contributed by atoms with E-state index in [9.17, 15) is 37.1 Å². The summed E-state index contributed by atoms with van der Waals surface area (Å²) in [5, 5.41) is 5.21. The highest BCUT2D eigenvalue weighted by atomic mass is 19.4. The van der Waals surface area contributed by atoms with Crippen LogP contribution >= 0.6 is 0 Å². The largest absolute Gasteiger partial charge is 0.464 e. The maximum absolute atomic E-state index is 14.7. The molecule has 3 aliphatic rings. The van der Waals surface area contributed by atoms with Crippen molar-refractivity contribution in [3.63, 3.8) is 0 Å². The lowest BCUT2D eigenvalue weighted by atomic mass is 9.84. The number of hydrazine groups is 1. The Labute approximate surface area is 401 Å². The van der Waals surface area contributed by atoms with Crippen LogP contribution in [0.4, 0.5) is 13.2 Å². The summed E-state index contributed by atoms with van der Waals surface area (Å²) >= 11 is 0. The van der Waals surface area contributed by atoms with Crippen LogP contribution in [-0.2, 0) is 52.8 Å². The predicted octanol–water partition coefficient (Wildman–Crippen LogP) is 7.05. The van der Waals surface area contributed by atoms with Gasteiger partial charge in [-0.3, -0.25) is 34.0 Å². The molecule has 2 aromatic carbocycles. The number of fused-ring (bicyclic) bond motifs is 6. The average Bonchev–Trinajstić information content (AvgIpc) is 3.92. The van der Waals surface area contributed by atoms with Crippen LogP contribution in [0.25, 0.3) is 33.3 Å². The molecule has 4 amide bonds. The third-order valence-electron chi connectivity index (χ3n) is 13.8. The topological polar surface area (TPSA) is 155 Å². The van der Waals surface area contributed by atoms with Crippen molar-refractivity contribution in [3.05, 3.63) is 90.3 Å². The van der Waals surface area contributed by atoms with Gasteiger partial charge in [-0.2, -0.15) is 13.2 Å². The normalized spacial score (nSPS) is 21.9. The van der Waals surface area contributed by atoms with Crippen LogP contribution in [0.15, 0.2) is 73.4 Å². The number of carbonyl (C=O) groups excluding carboxylic acids is 5. The van der Waals surface area contributed by atoms with E-state index < -0.39 is 90.2 Å². The summed E-state index contributed by atoms with van der Waals surface area (Å²) in [6.07, 6.45) is -1.07. The number of hydrogen-bond acceptors (Lipinski definition) is 9. The fourth-order valence-corrected chi connectivity index (χ4v) is 10.3. The molecule has 0 aliphatic carbocycles. The molecule has 0 radical (unpaired) electrons. The lowest BCUT2D eigenvalue weighted by molar-refractivity contribution is -0.186. The van der Waals surface area contributed by atoms with Crippen molar-refractivity contribution in [2.24, 2.45) is 23.2 Å². The van der Waals surface area contributed by atoms with E-state index in [2.05, 4.69) is 66.9 Å². The molecule has 14 nitrogen and oxygen atoms in total. The number of likely N-dealkylation sites (tertiary alicyclic amines) is 1. The number of methoxy groups -OCH3 is 1. The zero-order valence-electron chi connectivity index (χ0n) is 40.7. The zero-order chi connectivity index (χ0) is 50.1. The number of amides is 4. The molecule has 0 saturated carbocycles. The molecule has 17 heteroatoms. The fourth-order valence-electron chi connectivity index (χ4n) is 10.3. The van der Waals surface area contributed by atoms with Gasteiger partial charge < -0.3 is 29.2 Å². The number of carbonyl (C=O) groups is 5. The minimum Gasteiger partial charge on any atom is -0.464 e. The molecule has 69 heavy (non-hydrogen) atoms. The number of alkyl halides is 3. The van der Waals surface area contributed by atoms with Gasteiger partial charge in [0, 0.05) is 74.8 Å². The maximum atomic E-state index is 14.7. The highest BCUT2D eigenvalue weighted by Gasteiger charge is 2.54. The third kappa shape index (κ3) is 10.6. The number of aryl methyl sites for hydroxylation is 1. The quantitative estimate of drug-likeness (QED) is 0.126. The van der Waals surface area contributed by atoms with Crippen molar-refractivity contribution in [2.45, 2.75) is 104 Å². The van der Waals surface area contributed by atoms with Gasteiger partial charge in [-0.1, -0.05) is 64.6 Å². The lowest BCUT2D eigenvalue weighted by Gasteiger charge is -2.37. The van der Waals surface area contributed by atoms with Gasteiger partial charge in [-0.15, -0.1) is 0 Å². The summed E-state index contributed by atoms with van der Waals surface area (Å²) in [4.78, 5) is 76.4. The number of aromatic nitrogens is 2. The maximum Gasteiger partial charge on any atom is 0.394 e. The summed E-state index contributed by atoms with van der Waals surface area (Å²) < 4.78 is 57.3. The Morgan fingerprint density at radius 2 is 1.81 bits per heavy atom. The SMILES string of the molecule is C=CC(=O)N1C[C@H](C(=O)N(C)[C@H](C(=O)N[C@H]2Cc3cccc(c3)-c3ccc4c(c3)c(c(-c3cccnc3[C@H](C)OC)n4CC)CC(C)(C)COC(=O)[C@@H]3CCCN(N3)C2=O)C(C)C)[C@H](C(F)(F)F)C1. The molecule has 5 heterocycles. The fraction of sp³-hybridized carbons (Fsp3) is 0.500. The molecule has 6 atom stereocenters. The standard InChI is InChI=1S/C52H64F3N7O7/c1-10-43(63)60-27-38(39(28-60)52(53,54)55)48(65)59(8)45(30(3)4)47(64)57-41-24-32-15-12-16-33(23-32)34-19-20-42-36(25-34)37(46(61(42)11-2)35-17-13-21-56-44(35)31(5)68-9)26-51(6,7)29-69-50(67)40-18-14-22-62(58-40)49(41)66/h10,12-13,15-17,19-21,23,25,30-31,38-41,45,58H,1,11,14,18,22,24,26-29H2,2-9H3,(H,57,64)/t31-,38-,39+,40-,41-,45-/m0/s1. The number of ether oxygens (including phenoxy) is 2. The molecule has 2 N–H and O–H groups in total. The van der Waals surface area contributed by atoms with Gasteiger partial charge in [0.1, 0.15) is 18.1 Å². The van der Waals surface area contributed by atoms with Crippen molar-refractivity contribution in [1.82, 2.24) is 35.1 Å².